The van der Waals surface area contributed by atoms with Crippen molar-refractivity contribution in [2.75, 3.05) is 6.54 Å². The van der Waals surface area contributed by atoms with Gasteiger partial charge >= 0.3 is 0 Å². The SMILES string of the molecule is CC1CCCN(S(=O)(=O)c2ccccc2)C1N=C=O. The summed E-state index contributed by atoms with van der Waals surface area (Å²) in [6.07, 6.45) is 2.48. The zero-order valence-electron chi connectivity index (χ0n) is 10.7. The number of nitrogens with zero attached hydrogens (tertiary/aromatic N) is 2. The minimum Gasteiger partial charge on any atom is -0.211 e. The third kappa shape index (κ3) is 2.76. The molecule has 0 aromatic heterocycles. The molecule has 1 saturated heterocycles. The fraction of sp³-hybridized carbons (Fsp3) is 0.462. The van der Waals surface area contributed by atoms with Crippen LogP contribution in [0.3, 0.4) is 0 Å². The lowest BCUT2D eigenvalue weighted by Gasteiger charge is -2.35. The molecule has 1 heterocycles. The first kappa shape index (κ1) is 13.9. The van der Waals surface area contributed by atoms with E-state index in [9.17, 15) is 13.2 Å². The molecule has 1 aliphatic rings. The van der Waals surface area contributed by atoms with Gasteiger partial charge in [0.15, 0.2) is 0 Å². The molecule has 0 saturated carbocycles. The highest BCUT2D eigenvalue weighted by Gasteiger charge is 2.37. The molecule has 0 radical (unpaired) electrons. The van der Waals surface area contributed by atoms with Crippen molar-refractivity contribution in [3.05, 3.63) is 30.3 Å². The number of hydrogen-bond acceptors (Lipinski definition) is 4. The van der Waals surface area contributed by atoms with Crippen molar-refractivity contribution >= 4 is 16.1 Å². The van der Waals surface area contributed by atoms with Gasteiger partial charge in [-0.2, -0.15) is 9.30 Å². The van der Waals surface area contributed by atoms with Gasteiger partial charge in [-0.15, -0.1) is 0 Å². The van der Waals surface area contributed by atoms with Crippen molar-refractivity contribution < 1.29 is 13.2 Å². The number of carbonyl (C=O) groups excluding carboxylic acids is 1. The quantitative estimate of drug-likeness (QED) is 0.626. The zero-order chi connectivity index (χ0) is 13.9. The number of benzene rings is 1. The normalized spacial score (nSPS) is 24.7. The van der Waals surface area contributed by atoms with Crippen LogP contribution in [0, 0.1) is 5.92 Å². The van der Waals surface area contributed by atoms with Gasteiger partial charge in [0.2, 0.25) is 16.1 Å². The summed E-state index contributed by atoms with van der Waals surface area (Å²) in [6, 6.07) is 8.22. The molecule has 0 amide bonds. The van der Waals surface area contributed by atoms with E-state index >= 15 is 0 Å². The Hall–Kier alpha value is -1.49. The molecule has 5 nitrogen and oxygen atoms in total. The maximum Gasteiger partial charge on any atom is 0.244 e. The van der Waals surface area contributed by atoms with E-state index in [-0.39, 0.29) is 10.8 Å². The van der Waals surface area contributed by atoms with Crippen LogP contribution in [0.25, 0.3) is 0 Å². The summed E-state index contributed by atoms with van der Waals surface area (Å²) in [5, 5.41) is 0. The van der Waals surface area contributed by atoms with E-state index in [1.807, 2.05) is 6.92 Å². The summed E-state index contributed by atoms with van der Waals surface area (Å²) in [6.45, 7) is 2.29. The Labute approximate surface area is 113 Å². The van der Waals surface area contributed by atoms with Gasteiger partial charge in [0.25, 0.3) is 0 Å². The van der Waals surface area contributed by atoms with Gasteiger partial charge < -0.3 is 0 Å². The summed E-state index contributed by atoms with van der Waals surface area (Å²) >= 11 is 0. The first-order chi connectivity index (χ1) is 9.07. The topological polar surface area (TPSA) is 66.8 Å². The number of aliphatic imine (C=N–C) groups is 1. The summed E-state index contributed by atoms with van der Waals surface area (Å²) in [7, 11) is -3.61. The van der Waals surface area contributed by atoms with Crippen LogP contribution in [0.4, 0.5) is 0 Å². The van der Waals surface area contributed by atoms with Crippen molar-refractivity contribution in [3.63, 3.8) is 0 Å². The van der Waals surface area contributed by atoms with Gasteiger partial charge in [0.1, 0.15) is 6.17 Å². The Morgan fingerprint density at radius 3 is 2.63 bits per heavy atom. The fourth-order valence-electron chi connectivity index (χ4n) is 2.37. The molecule has 2 rings (SSSR count). The molecule has 1 aromatic carbocycles. The Morgan fingerprint density at radius 2 is 2.00 bits per heavy atom. The summed E-state index contributed by atoms with van der Waals surface area (Å²) < 4.78 is 26.4. The smallest absolute Gasteiger partial charge is 0.211 e. The van der Waals surface area contributed by atoms with Crippen LogP contribution < -0.4 is 0 Å². The molecular formula is C13H16N2O3S. The second-order valence-electron chi connectivity index (χ2n) is 4.68. The van der Waals surface area contributed by atoms with E-state index in [2.05, 4.69) is 4.99 Å². The van der Waals surface area contributed by atoms with E-state index < -0.39 is 16.2 Å². The minimum absolute atomic E-state index is 0.0219. The Kier molecular flexibility index (Phi) is 4.14. The molecule has 0 bridgehead atoms. The van der Waals surface area contributed by atoms with Crippen LogP contribution in [-0.4, -0.2) is 31.5 Å². The first-order valence-electron chi connectivity index (χ1n) is 6.21. The molecule has 102 valence electrons. The number of hydrogen-bond donors (Lipinski definition) is 0. The largest absolute Gasteiger partial charge is 0.244 e. The van der Waals surface area contributed by atoms with E-state index in [4.69, 9.17) is 0 Å². The van der Waals surface area contributed by atoms with Crippen LogP contribution in [0.5, 0.6) is 0 Å². The molecule has 1 aliphatic heterocycles. The standard InChI is InChI=1S/C13H16N2O3S/c1-11-6-5-9-15(13(11)14-10-16)19(17,18)12-7-3-2-4-8-12/h2-4,7-8,11,13H,5-6,9H2,1H3. The third-order valence-electron chi connectivity index (χ3n) is 3.38. The third-order valence-corrected chi connectivity index (χ3v) is 5.26. The molecule has 6 heteroatoms. The Bertz CT molecular complexity index is 579. The number of piperidine rings is 1. The minimum atomic E-state index is -3.61. The van der Waals surface area contributed by atoms with Crippen molar-refractivity contribution in [3.8, 4) is 0 Å². The molecule has 0 N–H and O–H groups in total. The van der Waals surface area contributed by atoms with Crippen LogP contribution >= 0.6 is 0 Å². The maximum absolute atomic E-state index is 12.6. The highest BCUT2D eigenvalue weighted by molar-refractivity contribution is 7.89. The Balaban J connectivity index is 2.40. The lowest BCUT2D eigenvalue weighted by molar-refractivity contribution is 0.194. The van der Waals surface area contributed by atoms with Crippen molar-refractivity contribution in [2.24, 2.45) is 10.9 Å². The molecule has 1 fully saturated rings. The second-order valence-corrected chi connectivity index (χ2v) is 6.57. The average molecular weight is 280 g/mol. The highest BCUT2D eigenvalue weighted by atomic mass is 32.2. The Morgan fingerprint density at radius 1 is 1.32 bits per heavy atom. The predicted molar refractivity (Wildman–Crippen MR) is 70.6 cm³/mol. The second kappa shape index (κ2) is 5.65. The van der Waals surface area contributed by atoms with Crippen LogP contribution in [0.2, 0.25) is 0 Å². The summed E-state index contributed by atoms with van der Waals surface area (Å²) in [4.78, 5) is 14.4. The molecule has 2 atom stereocenters. The van der Waals surface area contributed by atoms with Crippen molar-refractivity contribution in [1.82, 2.24) is 4.31 Å². The fourth-order valence-corrected chi connectivity index (χ4v) is 4.05. The molecule has 2 unspecified atom stereocenters. The number of rotatable bonds is 3. The molecular weight excluding hydrogens is 264 g/mol. The average Bonchev–Trinajstić information content (AvgIpc) is 2.42. The first-order valence-corrected chi connectivity index (χ1v) is 7.65. The van der Waals surface area contributed by atoms with E-state index in [1.54, 1.807) is 30.3 Å². The van der Waals surface area contributed by atoms with Gasteiger partial charge in [0.05, 0.1) is 4.90 Å². The van der Waals surface area contributed by atoms with Gasteiger partial charge in [-0.05, 0) is 30.9 Å². The molecule has 1 aromatic rings. The van der Waals surface area contributed by atoms with E-state index in [1.165, 1.54) is 10.4 Å². The predicted octanol–water partition coefficient (Wildman–Crippen LogP) is 1.77. The summed E-state index contributed by atoms with van der Waals surface area (Å²) in [5.41, 5.74) is 0. The number of isocyanates is 1. The van der Waals surface area contributed by atoms with Gasteiger partial charge in [-0.1, -0.05) is 25.1 Å². The van der Waals surface area contributed by atoms with Crippen molar-refractivity contribution in [1.29, 1.82) is 0 Å². The lowest BCUT2D eigenvalue weighted by atomic mass is 9.98. The van der Waals surface area contributed by atoms with Gasteiger partial charge in [-0.25, -0.2) is 13.2 Å². The monoisotopic (exact) mass is 280 g/mol. The molecule has 0 aliphatic carbocycles. The molecule has 0 spiro atoms. The van der Waals surface area contributed by atoms with Crippen LogP contribution in [-0.2, 0) is 14.8 Å². The maximum atomic E-state index is 12.6. The lowest BCUT2D eigenvalue weighted by Crippen LogP contribution is -2.46. The van der Waals surface area contributed by atoms with Gasteiger partial charge in [-0.3, -0.25) is 0 Å². The zero-order valence-corrected chi connectivity index (χ0v) is 11.5. The van der Waals surface area contributed by atoms with Crippen molar-refractivity contribution in [2.45, 2.75) is 30.8 Å². The number of sulfonamides is 1. The van der Waals surface area contributed by atoms with Gasteiger partial charge in [0, 0.05) is 6.54 Å². The van der Waals surface area contributed by atoms with E-state index in [0.717, 1.165) is 12.8 Å². The van der Waals surface area contributed by atoms with Crippen LogP contribution in [0.1, 0.15) is 19.8 Å². The van der Waals surface area contributed by atoms with Crippen LogP contribution in [0.15, 0.2) is 40.2 Å². The van der Waals surface area contributed by atoms with E-state index in [0.29, 0.717) is 6.54 Å². The molecule has 19 heavy (non-hydrogen) atoms. The highest BCUT2D eigenvalue weighted by Crippen LogP contribution is 2.29. The summed E-state index contributed by atoms with van der Waals surface area (Å²) in [5.74, 6) is 0.0219.